The topological polar surface area (TPSA) is 24.9 Å². The first-order chi connectivity index (χ1) is 6.33. The van der Waals surface area contributed by atoms with Crippen LogP contribution in [0, 0.1) is 6.92 Å². The number of rotatable bonds is 4. The van der Waals surface area contributed by atoms with E-state index in [4.69, 9.17) is 0 Å². The molecule has 0 amide bonds. The van der Waals surface area contributed by atoms with Gasteiger partial charge in [-0.1, -0.05) is 25.1 Å². The highest BCUT2D eigenvalue weighted by Crippen LogP contribution is 2.02. The first-order valence-corrected chi connectivity index (χ1v) is 4.65. The molecule has 0 spiro atoms. The number of aromatic nitrogens is 1. The van der Waals surface area contributed by atoms with E-state index >= 15 is 0 Å². The van der Waals surface area contributed by atoms with Crippen molar-refractivity contribution in [3.05, 3.63) is 36.0 Å². The molecule has 0 bridgehead atoms. The van der Waals surface area contributed by atoms with Crippen LogP contribution in [-0.2, 0) is 0 Å². The molecule has 0 aliphatic carbocycles. The zero-order valence-electron chi connectivity index (χ0n) is 8.25. The van der Waals surface area contributed by atoms with Gasteiger partial charge in [0.1, 0.15) is 5.82 Å². The maximum atomic E-state index is 4.33. The van der Waals surface area contributed by atoms with Crippen LogP contribution >= 0.6 is 0 Å². The van der Waals surface area contributed by atoms with Gasteiger partial charge in [-0.25, -0.2) is 4.98 Å². The molecule has 0 unspecified atom stereocenters. The highest BCUT2D eigenvalue weighted by atomic mass is 15.0. The van der Waals surface area contributed by atoms with E-state index < -0.39 is 0 Å². The van der Waals surface area contributed by atoms with Gasteiger partial charge in [0.15, 0.2) is 0 Å². The van der Waals surface area contributed by atoms with E-state index in [0.29, 0.717) is 0 Å². The van der Waals surface area contributed by atoms with E-state index in [1.807, 2.05) is 25.1 Å². The van der Waals surface area contributed by atoms with Crippen molar-refractivity contribution in [2.45, 2.75) is 20.3 Å². The second kappa shape index (κ2) is 5.36. The number of hydrogen-bond acceptors (Lipinski definition) is 2. The quantitative estimate of drug-likeness (QED) is 0.713. The summed E-state index contributed by atoms with van der Waals surface area (Å²) < 4.78 is 0. The number of aryl methyl sites for hydroxylation is 1. The fourth-order valence-corrected chi connectivity index (χ4v) is 1.05. The van der Waals surface area contributed by atoms with Gasteiger partial charge in [0, 0.05) is 12.2 Å². The van der Waals surface area contributed by atoms with Crippen molar-refractivity contribution in [1.29, 1.82) is 0 Å². The Labute approximate surface area is 79.7 Å². The second-order valence-corrected chi connectivity index (χ2v) is 2.92. The van der Waals surface area contributed by atoms with Crippen molar-refractivity contribution < 1.29 is 0 Å². The molecule has 0 radical (unpaired) electrons. The summed E-state index contributed by atoms with van der Waals surface area (Å²) in [6.45, 7) is 4.97. The van der Waals surface area contributed by atoms with Crippen LogP contribution in [0.2, 0.25) is 0 Å². The van der Waals surface area contributed by atoms with Gasteiger partial charge >= 0.3 is 0 Å². The molecular formula is C11H16N2. The van der Waals surface area contributed by atoms with Crippen molar-refractivity contribution in [2.24, 2.45) is 0 Å². The Bertz CT molecular complexity index is 279. The summed E-state index contributed by atoms with van der Waals surface area (Å²) in [5.74, 6) is 0.945. The molecule has 1 aromatic heterocycles. The van der Waals surface area contributed by atoms with Crippen LogP contribution in [0.4, 0.5) is 5.82 Å². The predicted octanol–water partition coefficient (Wildman–Crippen LogP) is 2.77. The standard InChI is InChI=1S/C11H16N2/c1-3-4-5-9-12-11-8-6-7-10(2)13-11/h4-8H,3,9H2,1-2H3,(H,12,13)/b5-4+. The van der Waals surface area contributed by atoms with Crippen molar-refractivity contribution in [3.63, 3.8) is 0 Å². The van der Waals surface area contributed by atoms with Gasteiger partial charge in [-0.05, 0) is 25.5 Å². The number of hydrogen-bond donors (Lipinski definition) is 1. The van der Waals surface area contributed by atoms with Gasteiger partial charge in [0.05, 0.1) is 0 Å². The molecule has 1 aromatic rings. The average molecular weight is 176 g/mol. The molecule has 0 atom stereocenters. The Morgan fingerprint density at radius 2 is 2.23 bits per heavy atom. The molecular weight excluding hydrogens is 160 g/mol. The average Bonchev–Trinajstić information content (AvgIpc) is 2.13. The van der Waals surface area contributed by atoms with Crippen LogP contribution in [-0.4, -0.2) is 11.5 Å². The Kier molecular flexibility index (Phi) is 4.03. The molecule has 1 heterocycles. The molecule has 0 aromatic carbocycles. The van der Waals surface area contributed by atoms with E-state index in [9.17, 15) is 0 Å². The number of pyridine rings is 1. The van der Waals surface area contributed by atoms with E-state index in [1.165, 1.54) is 0 Å². The van der Waals surface area contributed by atoms with Crippen molar-refractivity contribution in [3.8, 4) is 0 Å². The summed E-state index contributed by atoms with van der Waals surface area (Å²) in [6, 6.07) is 5.98. The fourth-order valence-electron chi connectivity index (χ4n) is 1.05. The molecule has 0 aliphatic heterocycles. The Morgan fingerprint density at radius 1 is 1.38 bits per heavy atom. The van der Waals surface area contributed by atoms with Crippen LogP contribution in [0.25, 0.3) is 0 Å². The van der Waals surface area contributed by atoms with Gasteiger partial charge in [-0.15, -0.1) is 0 Å². The largest absolute Gasteiger partial charge is 0.367 e. The maximum Gasteiger partial charge on any atom is 0.126 e. The summed E-state index contributed by atoms with van der Waals surface area (Å²) in [7, 11) is 0. The third kappa shape index (κ3) is 3.74. The van der Waals surface area contributed by atoms with Gasteiger partial charge in [-0.3, -0.25) is 0 Å². The third-order valence-corrected chi connectivity index (χ3v) is 1.69. The number of anilines is 1. The second-order valence-electron chi connectivity index (χ2n) is 2.92. The van der Waals surface area contributed by atoms with Crippen LogP contribution in [0.1, 0.15) is 19.0 Å². The van der Waals surface area contributed by atoms with Gasteiger partial charge in [0.25, 0.3) is 0 Å². The lowest BCUT2D eigenvalue weighted by atomic mass is 10.3. The van der Waals surface area contributed by atoms with Gasteiger partial charge < -0.3 is 5.32 Å². The number of nitrogens with zero attached hydrogens (tertiary/aromatic N) is 1. The minimum Gasteiger partial charge on any atom is -0.367 e. The van der Waals surface area contributed by atoms with Crippen LogP contribution in [0.3, 0.4) is 0 Å². The first kappa shape index (κ1) is 9.78. The highest BCUT2D eigenvalue weighted by Gasteiger charge is 1.89. The fraction of sp³-hybridized carbons (Fsp3) is 0.364. The van der Waals surface area contributed by atoms with E-state index in [0.717, 1.165) is 24.5 Å². The Morgan fingerprint density at radius 3 is 2.92 bits per heavy atom. The summed E-state index contributed by atoms with van der Waals surface area (Å²) in [5, 5.41) is 3.22. The molecule has 1 rings (SSSR count). The number of nitrogens with one attached hydrogen (secondary N) is 1. The van der Waals surface area contributed by atoms with Crippen LogP contribution in [0.5, 0.6) is 0 Å². The minimum atomic E-state index is 0.851. The normalized spacial score (nSPS) is 10.6. The van der Waals surface area contributed by atoms with E-state index in [-0.39, 0.29) is 0 Å². The lowest BCUT2D eigenvalue weighted by Gasteiger charge is -2.02. The maximum absolute atomic E-state index is 4.33. The SMILES string of the molecule is CC/C=C/CNc1cccc(C)n1. The zero-order chi connectivity index (χ0) is 9.52. The zero-order valence-corrected chi connectivity index (χ0v) is 8.25. The molecule has 1 N–H and O–H groups in total. The lowest BCUT2D eigenvalue weighted by molar-refractivity contribution is 1.15. The summed E-state index contributed by atoms with van der Waals surface area (Å²) in [4.78, 5) is 4.33. The molecule has 0 fully saturated rings. The molecule has 2 heteroatoms. The van der Waals surface area contributed by atoms with Crippen molar-refractivity contribution in [2.75, 3.05) is 11.9 Å². The van der Waals surface area contributed by atoms with Gasteiger partial charge in [0.2, 0.25) is 0 Å². The summed E-state index contributed by atoms with van der Waals surface area (Å²) >= 11 is 0. The minimum absolute atomic E-state index is 0.851. The first-order valence-electron chi connectivity index (χ1n) is 4.65. The third-order valence-electron chi connectivity index (χ3n) is 1.69. The predicted molar refractivity (Wildman–Crippen MR) is 56.9 cm³/mol. The summed E-state index contributed by atoms with van der Waals surface area (Å²) in [6.07, 6.45) is 5.34. The summed E-state index contributed by atoms with van der Waals surface area (Å²) in [5.41, 5.74) is 1.05. The van der Waals surface area contributed by atoms with Crippen molar-refractivity contribution >= 4 is 5.82 Å². The van der Waals surface area contributed by atoms with Crippen LogP contribution < -0.4 is 5.32 Å². The molecule has 0 saturated carbocycles. The number of allylic oxidation sites excluding steroid dienone is 1. The lowest BCUT2D eigenvalue weighted by Crippen LogP contribution is -2.00. The van der Waals surface area contributed by atoms with Gasteiger partial charge in [-0.2, -0.15) is 0 Å². The molecule has 0 saturated heterocycles. The molecule has 70 valence electrons. The Balaban J connectivity index is 2.41. The molecule has 0 aliphatic rings. The molecule has 13 heavy (non-hydrogen) atoms. The van der Waals surface area contributed by atoms with E-state index in [2.05, 4.69) is 29.4 Å². The molecule has 2 nitrogen and oxygen atoms in total. The smallest absolute Gasteiger partial charge is 0.126 e. The Hall–Kier alpha value is -1.31. The van der Waals surface area contributed by atoms with Crippen LogP contribution in [0.15, 0.2) is 30.4 Å². The van der Waals surface area contributed by atoms with E-state index in [1.54, 1.807) is 0 Å². The highest BCUT2D eigenvalue weighted by molar-refractivity contribution is 5.35. The monoisotopic (exact) mass is 176 g/mol. The van der Waals surface area contributed by atoms with Crippen molar-refractivity contribution in [1.82, 2.24) is 4.98 Å².